The molecule has 0 saturated carbocycles. The third-order valence-corrected chi connectivity index (χ3v) is 3.36. The van der Waals surface area contributed by atoms with Crippen LogP contribution in [-0.2, 0) is 24.4 Å². The van der Waals surface area contributed by atoms with E-state index in [4.69, 9.17) is 14.0 Å². The van der Waals surface area contributed by atoms with Gasteiger partial charge in [0.2, 0.25) is 5.91 Å². The maximum Gasteiger partial charge on any atom is 0.266 e. The van der Waals surface area contributed by atoms with Crippen LogP contribution >= 0.6 is 0 Å². The molecule has 0 bridgehead atoms. The smallest absolute Gasteiger partial charge is 0.266 e. The lowest BCUT2D eigenvalue weighted by Crippen LogP contribution is -2.47. The summed E-state index contributed by atoms with van der Waals surface area (Å²) >= 11 is 0. The van der Waals surface area contributed by atoms with Crippen molar-refractivity contribution >= 4 is 16.0 Å². The summed E-state index contributed by atoms with van der Waals surface area (Å²) < 4.78 is 40.4. The molecule has 0 radical (unpaired) electrons. The van der Waals surface area contributed by atoms with Gasteiger partial charge >= 0.3 is 0 Å². The molecule has 3 N–H and O–H groups in total. The highest BCUT2D eigenvalue weighted by Gasteiger charge is 2.33. The average Bonchev–Trinajstić information content (AvgIpc) is 2.25. The predicted molar refractivity (Wildman–Crippen MR) is 69.5 cm³/mol. The van der Waals surface area contributed by atoms with Crippen LogP contribution in [0.3, 0.4) is 0 Å². The van der Waals surface area contributed by atoms with Gasteiger partial charge in [-0.05, 0) is 13.8 Å². The van der Waals surface area contributed by atoms with Gasteiger partial charge in [-0.15, -0.1) is 0 Å². The molecule has 118 valence electrons. The fourth-order valence-electron chi connectivity index (χ4n) is 1.84. The Morgan fingerprint density at radius 2 is 2.10 bits per heavy atom. The Bertz CT molecular complexity index is 420. The average molecular weight is 311 g/mol. The normalized spacial score (nSPS) is 27.6. The second-order valence-electron chi connectivity index (χ2n) is 4.94. The third-order valence-electron chi connectivity index (χ3n) is 2.64. The van der Waals surface area contributed by atoms with E-state index in [1.54, 1.807) is 0 Å². The quantitative estimate of drug-likeness (QED) is 0.553. The number of carbonyl (C=O) groups is 1. The van der Waals surface area contributed by atoms with E-state index in [0.29, 0.717) is 0 Å². The summed E-state index contributed by atoms with van der Waals surface area (Å²) in [5, 5.41) is 12.0. The van der Waals surface area contributed by atoms with Gasteiger partial charge in [-0.3, -0.25) is 9.35 Å². The molecule has 0 aromatic rings. The standard InChI is InChI=1S/C11H21NO7S/c1-7(2)18-10-6-8(13)5-9(19-10)11(14)12-3-4-20(15,16)17/h7-10,13H,3-6H2,1-2H3,(H,12,14)(H,15,16,17). The van der Waals surface area contributed by atoms with E-state index in [0.717, 1.165) is 0 Å². The first-order chi connectivity index (χ1) is 9.17. The molecule has 3 atom stereocenters. The van der Waals surface area contributed by atoms with Crippen molar-refractivity contribution in [3.8, 4) is 0 Å². The molecule has 0 spiro atoms. The molecule has 1 aliphatic heterocycles. The SMILES string of the molecule is CC(C)OC1CC(O)CC(C(=O)NCCS(=O)(=O)O)O1. The number of ether oxygens (including phenoxy) is 2. The molecule has 1 aliphatic rings. The number of rotatable bonds is 6. The van der Waals surface area contributed by atoms with Gasteiger partial charge in [0, 0.05) is 19.4 Å². The molecule has 3 unspecified atom stereocenters. The number of hydrogen-bond donors (Lipinski definition) is 3. The van der Waals surface area contributed by atoms with E-state index in [2.05, 4.69) is 5.32 Å². The van der Waals surface area contributed by atoms with Crippen LogP contribution in [0, 0.1) is 0 Å². The van der Waals surface area contributed by atoms with Gasteiger partial charge in [-0.2, -0.15) is 8.42 Å². The summed E-state index contributed by atoms with van der Waals surface area (Å²) in [6.07, 6.45) is -1.99. The van der Waals surface area contributed by atoms with E-state index >= 15 is 0 Å². The molecule has 0 aromatic heterocycles. The lowest BCUT2D eigenvalue weighted by Gasteiger charge is -2.33. The summed E-state index contributed by atoms with van der Waals surface area (Å²) in [6, 6.07) is 0. The summed E-state index contributed by atoms with van der Waals surface area (Å²) in [6.45, 7) is 3.40. The second kappa shape index (κ2) is 7.32. The molecular formula is C11H21NO7S. The molecule has 0 aliphatic carbocycles. The van der Waals surface area contributed by atoms with Crippen molar-refractivity contribution in [3.05, 3.63) is 0 Å². The molecule has 8 nitrogen and oxygen atoms in total. The van der Waals surface area contributed by atoms with Crippen molar-refractivity contribution in [1.82, 2.24) is 5.32 Å². The number of nitrogens with one attached hydrogen (secondary N) is 1. The van der Waals surface area contributed by atoms with E-state index in [9.17, 15) is 18.3 Å². The zero-order valence-electron chi connectivity index (χ0n) is 11.5. The van der Waals surface area contributed by atoms with Gasteiger partial charge in [-0.25, -0.2) is 0 Å². The van der Waals surface area contributed by atoms with E-state index in [1.165, 1.54) is 0 Å². The fourth-order valence-corrected chi connectivity index (χ4v) is 2.20. The molecular weight excluding hydrogens is 290 g/mol. The number of hydrogen-bond acceptors (Lipinski definition) is 6. The molecule has 1 rings (SSSR count). The minimum Gasteiger partial charge on any atom is -0.393 e. The molecule has 20 heavy (non-hydrogen) atoms. The first-order valence-electron chi connectivity index (χ1n) is 6.39. The number of amides is 1. The number of aliphatic hydroxyl groups is 1. The van der Waals surface area contributed by atoms with Crippen LogP contribution in [0.2, 0.25) is 0 Å². The van der Waals surface area contributed by atoms with Gasteiger partial charge in [0.1, 0.15) is 6.10 Å². The van der Waals surface area contributed by atoms with E-state index in [-0.39, 0.29) is 25.5 Å². The topological polar surface area (TPSA) is 122 Å². The molecule has 9 heteroatoms. The number of aliphatic hydroxyl groups excluding tert-OH is 1. The minimum atomic E-state index is -4.12. The van der Waals surface area contributed by atoms with Crippen molar-refractivity contribution in [2.75, 3.05) is 12.3 Å². The zero-order valence-corrected chi connectivity index (χ0v) is 12.3. The van der Waals surface area contributed by atoms with E-state index < -0.39 is 40.3 Å². The van der Waals surface area contributed by atoms with Crippen molar-refractivity contribution in [1.29, 1.82) is 0 Å². The van der Waals surface area contributed by atoms with Crippen LogP contribution < -0.4 is 5.32 Å². The highest BCUT2D eigenvalue weighted by Crippen LogP contribution is 2.21. The molecule has 1 heterocycles. The maximum absolute atomic E-state index is 11.8. The van der Waals surface area contributed by atoms with Crippen LogP contribution in [0.5, 0.6) is 0 Å². The van der Waals surface area contributed by atoms with Gasteiger partial charge in [0.05, 0.1) is 18.0 Å². The van der Waals surface area contributed by atoms with Crippen LogP contribution in [0.1, 0.15) is 26.7 Å². The van der Waals surface area contributed by atoms with Gasteiger partial charge in [0.15, 0.2) is 6.29 Å². The number of carbonyl (C=O) groups excluding carboxylic acids is 1. The largest absolute Gasteiger partial charge is 0.393 e. The van der Waals surface area contributed by atoms with Crippen molar-refractivity contribution in [2.24, 2.45) is 0 Å². The van der Waals surface area contributed by atoms with Crippen molar-refractivity contribution in [3.63, 3.8) is 0 Å². The van der Waals surface area contributed by atoms with Crippen molar-refractivity contribution < 1.29 is 32.3 Å². The minimum absolute atomic E-state index is 0.103. The summed E-state index contributed by atoms with van der Waals surface area (Å²) in [5.41, 5.74) is 0. The lowest BCUT2D eigenvalue weighted by molar-refractivity contribution is -0.226. The first kappa shape index (κ1) is 17.3. The Kier molecular flexibility index (Phi) is 6.34. The molecule has 1 saturated heterocycles. The maximum atomic E-state index is 11.8. The van der Waals surface area contributed by atoms with Crippen molar-refractivity contribution in [2.45, 2.75) is 51.3 Å². The Morgan fingerprint density at radius 3 is 2.65 bits per heavy atom. The fraction of sp³-hybridized carbons (Fsp3) is 0.909. The van der Waals surface area contributed by atoms with Crippen LogP contribution in [0.25, 0.3) is 0 Å². The van der Waals surface area contributed by atoms with Gasteiger partial charge in [0.25, 0.3) is 10.1 Å². The zero-order chi connectivity index (χ0) is 15.3. The first-order valence-corrected chi connectivity index (χ1v) is 8.00. The Balaban J connectivity index is 2.46. The molecule has 0 aromatic carbocycles. The Hall–Kier alpha value is -0.740. The third kappa shape index (κ3) is 6.62. The molecule has 1 fully saturated rings. The van der Waals surface area contributed by atoms with Crippen LogP contribution in [-0.4, -0.2) is 60.9 Å². The second-order valence-corrected chi connectivity index (χ2v) is 6.51. The van der Waals surface area contributed by atoms with E-state index in [1.807, 2.05) is 13.8 Å². The lowest BCUT2D eigenvalue weighted by atomic mass is 10.0. The van der Waals surface area contributed by atoms with Gasteiger partial charge in [-0.1, -0.05) is 0 Å². The highest BCUT2D eigenvalue weighted by molar-refractivity contribution is 7.85. The van der Waals surface area contributed by atoms with Gasteiger partial charge < -0.3 is 19.9 Å². The monoisotopic (exact) mass is 311 g/mol. The van der Waals surface area contributed by atoms with Crippen LogP contribution in [0.15, 0.2) is 0 Å². The molecule has 1 amide bonds. The summed E-state index contributed by atoms with van der Waals surface area (Å²) in [7, 11) is -4.12. The Morgan fingerprint density at radius 1 is 1.45 bits per heavy atom. The summed E-state index contributed by atoms with van der Waals surface area (Å²) in [4.78, 5) is 11.8. The Labute approximate surface area is 118 Å². The highest BCUT2D eigenvalue weighted by atomic mass is 32.2. The van der Waals surface area contributed by atoms with Crippen LogP contribution in [0.4, 0.5) is 0 Å². The predicted octanol–water partition coefficient (Wildman–Crippen LogP) is -0.719. The summed E-state index contributed by atoms with van der Waals surface area (Å²) in [5.74, 6) is -1.11.